The Hall–Kier alpha value is -2.22. The molecule has 0 amide bonds. The number of benzene rings is 4. The summed E-state index contributed by atoms with van der Waals surface area (Å²) in [4.78, 5) is 0. The van der Waals surface area contributed by atoms with Gasteiger partial charge in [0.05, 0.1) is 0 Å². The van der Waals surface area contributed by atoms with Crippen molar-refractivity contribution in [1.82, 2.24) is 0 Å². The maximum absolute atomic E-state index is 4.93. The van der Waals surface area contributed by atoms with Crippen LogP contribution >= 0.6 is 17.0 Å². The molecule has 0 aliphatic heterocycles. The van der Waals surface area contributed by atoms with Crippen LogP contribution < -0.4 is 0 Å². The molecule has 262 valence electrons. The van der Waals surface area contributed by atoms with E-state index in [1.165, 1.54) is 85.3 Å². The topological polar surface area (TPSA) is 0 Å². The van der Waals surface area contributed by atoms with E-state index >= 15 is 0 Å². The fourth-order valence-electron chi connectivity index (χ4n) is 6.42. The van der Waals surface area contributed by atoms with E-state index in [0.717, 1.165) is 15.9 Å². The molecule has 2 unspecified atom stereocenters. The third-order valence-electron chi connectivity index (χ3n) is 9.57. The molecule has 4 heteroatoms. The van der Waals surface area contributed by atoms with E-state index in [1.807, 2.05) is 0 Å². The summed E-state index contributed by atoms with van der Waals surface area (Å²) in [5.41, 5.74) is 11.1. The first-order chi connectivity index (χ1) is 24.1. The zero-order chi connectivity index (χ0) is 36.6. The van der Waals surface area contributed by atoms with E-state index in [2.05, 4.69) is 171 Å². The van der Waals surface area contributed by atoms with Crippen LogP contribution in [-0.2, 0) is 27.3 Å². The molecule has 0 nitrogen and oxygen atoms in total. The van der Waals surface area contributed by atoms with Crippen LogP contribution in [0.3, 0.4) is 0 Å². The Morgan fingerprint density at radius 1 is 0.640 bits per heavy atom. The Bertz CT molecular complexity index is 1830. The standard InChI is InChI=1S/C23H27.C21H23.C2H6Si.2ClH.Zr/c1-5-7-17(4)21-14-20-8-6-9-22(23(20)15-21)19-12-10-18(11-13-19)16(2)3;1-4-15(3)17-9-11-18(12-10-17)20-8-6-7-19-13-16(5-2)14-21(19)20;1-3-2;;;/h6,8-17H,5,7H2,1-4H3;6-15H,4-5H2,1-3H3;1-2H3;2*1H;/q2*-1;;;;+4/p-2. The van der Waals surface area contributed by atoms with E-state index in [4.69, 9.17) is 17.0 Å². The number of rotatable bonds is 9. The molecular weight excluding hydrogens is 743 g/mol. The summed E-state index contributed by atoms with van der Waals surface area (Å²) >= 11 is -0.826. The van der Waals surface area contributed by atoms with Crippen molar-refractivity contribution in [2.45, 2.75) is 105 Å². The van der Waals surface area contributed by atoms with E-state index in [9.17, 15) is 0 Å². The third-order valence-corrected chi connectivity index (χ3v) is 9.57. The molecule has 0 saturated carbocycles. The Kier molecular flexibility index (Phi) is 18.6. The first kappa shape index (κ1) is 42.2. The Morgan fingerprint density at radius 3 is 1.58 bits per heavy atom. The van der Waals surface area contributed by atoms with Gasteiger partial charge in [0.2, 0.25) is 0 Å². The molecule has 0 heterocycles. The van der Waals surface area contributed by atoms with Gasteiger partial charge in [0.25, 0.3) is 0 Å². The summed E-state index contributed by atoms with van der Waals surface area (Å²) in [5, 5.41) is 5.50. The van der Waals surface area contributed by atoms with E-state index in [0.29, 0.717) is 17.8 Å². The summed E-state index contributed by atoms with van der Waals surface area (Å²) in [6.45, 7) is 20.2. The van der Waals surface area contributed by atoms with E-state index in [1.54, 1.807) is 0 Å². The van der Waals surface area contributed by atoms with Crippen LogP contribution in [0.1, 0.15) is 108 Å². The normalized spacial score (nSPS) is 11.8. The van der Waals surface area contributed by atoms with Crippen LogP contribution in [0.4, 0.5) is 0 Å². The summed E-state index contributed by atoms with van der Waals surface area (Å²) in [6, 6.07) is 40.9. The monoisotopic (exact) mass is 796 g/mol. The minimum atomic E-state index is -0.826. The Labute approximate surface area is 325 Å². The second-order valence-electron chi connectivity index (χ2n) is 13.6. The predicted molar refractivity (Wildman–Crippen MR) is 225 cm³/mol. The molecule has 50 heavy (non-hydrogen) atoms. The molecule has 0 aromatic heterocycles. The first-order valence-corrected chi connectivity index (χ1v) is 26.6. The number of fused-ring (bicyclic) bond motifs is 2. The van der Waals surface area contributed by atoms with Gasteiger partial charge >= 0.3 is 37.9 Å². The van der Waals surface area contributed by atoms with Gasteiger partial charge in [0.1, 0.15) is 0 Å². The second-order valence-corrected chi connectivity index (χ2v) is 18.3. The van der Waals surface area contributed by atoms with E-state index in [-0.39, 0.29) is 0 Å². The van der Waals surface area contributed by atoms with Crippen LogP contribution in [0.2, 0.25) is 13.1 Å². The molecule has 0 aliphatic carbocycles. The molecule has 6 aromatic carbocycles. The van der Waals surface area contributed by atoms with Crippen molar-refractivity contribution in [2.75, 3.05) is 0 Å². The van der Waals surface area contributed by atoms with E-state index < -0.39 is 20.8 Å². The first-order valence-electron chi connectivity index (χ1n) is 18.3. The summed E-state index contributed by atoms with van der Waals surface area (Å²) in [6.07, 6.45) is 4.79. The summed E-state index contributed by atoms with van der Waals surface area (Å²) in [5.74, 6) is 1.87. The quantitative estimate of drug-likeness (QED) is 0.101. The number of halogens is 2. The SMILES string of the molecule is CCCC(C)c1cc2c(-c3ccc(C(C)C)cc3)cccc2[cH-]1.CCc1cc2c(-c3ccc(C(C)CC)cc3)cccc2[cH-]1.C[Si]C.[Cl][Zr+2][Cl]. The van der Waals surface area contributed by atoms with Gasteiger partial charge in [-0.15, -0.1) is 69.1 Å². The van der Waals surface area contributed by atoms with Crippen molar-refractivity contribution >= 4 is 48.1 Å². The van der Waals surface area contributed by atoms with Crippen molar-refractivity contribution in [3.63, 3.8) is 0 Å². The van der Waals surface area contributed by atoms with Gasteiger partial charge in [-0.2, -0.15) is 12.1 Å². The fourth-order valence-corrected chi connectivity index (χ4v) is 6.42. The van der Waals surface area contributed by atoms with Crippen molar-refractivity contribution in [1.29, 1.82) is 0 Å². The third kappa shape index (κ3) is 11.6. The molecule has 6 aromatic rings. The van der Waals surface area contributed by atoms with Gasteiger partial charge in [-0.25, -0.2) is 0 Å². The van der Waals surface area contributed by atoms with Crippen LogP contribution in [0.15, 0.2) is 109 Å². The van der Waals surface area contributed by atoms with Gasteiger partial charge in [0, 0.05) is 9.52 Å². The average molecular weight is 799 g/mol. The molecule has 0 spiro atoms. The van der Waals surface area contributed by atoms with Gasteiger partial charge < -0.3 is 0 Å². The molecule has 0 N–H and O–H groups in total. The van der Waals surface area contributed by atoms with Crippen LogP contribution in [0.25, 0.3) is 43.8 Å². The predicted octanol–water partition coefficient (Wildman–Crippen LogP) is 15.7. The summed E-state index contributed by atoms with van der Waals surface area (Å²) in [7, 11) is 11.0. The Balaban J connectivity index is 0.000000235. The number of aryl methyl sites for hydroxylation is 1. The second kappa shape index (κ2) is 22.0. The molecule has 0 saturated heterocycles. The molecular formula is C46H56Cl2SiZr. The van der Waals surface area contributed by atoms with Crippen molar-refractivity contribution in [2.24, 2.45) is 0 Å². The van der Waals surface area contributed by atoms with Crippen LogP contribution in [0, 0.1) is 0 Å². The maximum atomic E-state index is 4.93. The Morgan fingerprint density at radius 2 is 1.12 bits per heavy atom. The fraction of sp³-hybridized carbons (Fsp3) is 0.348. The average Bonchev–Trinajstić information content (AvgIpc) is 3.77. The van der Waals surface area contributed by atoms with Crippen LogP contribution in [0.5, 0.6) is 0 Å². The zero-order valence-corrected chi connectivity index (χ0v) is 36.7. The molecule has 2 atom stereocenters. The summed E-state index contributed by atoms with van der Waals surface area (Å²) < 4.78 is 0. The molecule has 6 rings (SSSR count). The van der Waals surface area contributed by atoms with Gasteiger partial charge in [-0.3, -0.25) is 0 Å². The molecule has 0 aliphatic rings. The van der Waals surface area contributed by atoms with Gasteiger partial charge in [-0.1, -0.05) is 140 Å². The van der Waals surface area contributed by atoms with Gasteiger partial charge in [-0.05, 0) is 59.3 Å². The van der Waals surface area contributed by atoms with Crippen LogP contribution in [-0.4, -0.2) is 9.52 Å². The number of hydrogen-bond acceptors (Lipinski definition) is 0. The van der Waals surface area contributed by atoms with Gasteiger partial charge in [0.15, 0.2) is 0 Å². The molecule has 0 fully saturated rings. The zero-order valence-electron chi connectivity index (χ0n) is 31.7. The van der Waals surface area contributed by atoms with Crippen molar-refractivity contribution < 1.29 is 20.8 Å². The van der Waals surface area contributed by atoms with Crippen molar-refractivity contribution in [3.05, 3.63) is 131 Å². The molecule has 0 bridgehead atoms. The molecule has 2 radical (unpaired) electrons. The number of hydrogen-bond donors (Lipinski definition) is 0. The van der Waals surface area contributed by atoms with Crippen molar-refractivity contribution in [3.8, 4) is 22.3 Å². The minimum absolute atomic E-state index is 0.584.